The number of pyridine rings is 1. The maximum Gasteiger partial charge on any atom is 0.417 e. The average molecular weight is 363 g/mol. The summed E-state index contributed by atoms with van der Waals surface area (Å²) in [6.07, 6.45) is -1.99. The van der Waals surface area contributed by atoms with E-state index in [1.54, 1.807) is 29.6 Å². The van der Waals surface area contributed by atoms with Crippen LogP contribution < -0.4 is 5.73 Å². The first-order valence-corrected chi connectivity index (χ1v) is 8.06. The summed E-state index contributed by atoms with van der Waals surface area (Å²) >= 11 is 1.33. The summed E-state index contributed by atoms with van der Waals surface area (Å²) in [4.78, 5) is 19.3. The van der Waals surface area contributed by atoms with Crippen molar-refractivity contribution in [2.45, 2.75) is 12.6 Å². The van der Waals surface area contributed by atoms with Crippen molar-refractivity contribution in [3.05, 3.63) is 69.8 Å². The van der Waals surface area contributed by atoms with Gasteiger partial charge in [0.05, 0.1) is 16.3 Å². The molecule has 0 aliphatic rings. The summed E-state index contributed by atoms with van der Waals surface area (Å²) in [6, 6.07) is 7.80. The van der Waals surface area contributed by atoms with Crippen molar-refractivity contribution in [2.24, 2.45) is 5.73 Å². The van der Waals surface area contributed by atoms with Crippen LogP contribution in [0, 0.1) is 0 Å². The quantitative estimate of drug-likeness (QED) is 0.764. The van der Waals surface area contributed by atoms with Gasteiger partial charge >= 0.3 is 6.18 Å². The van der Waals surface area contributed by atoms with Gasteiger partial charge in [0.2, 0.25) is 5.91 Å². The molecule has 0 atom stereocenters. The van der Waals surface area contributed by atoms with E-state index in [0.717, 1.165) is 17.8 Å². The minimum absolute atomic E-state index is 0.247. The number of primary amides is 1. The molecule has 4 nitrogen and oxygen atoms in total. The molecule has 3 rings (SSSR count). The minimum atomic E-state index is -4.42. The van der Waals surface area contributed by atoms with Crippen LogP contribution in [0.1, 0.15) is 26.5 Å². The van der Waals surface area contributed by atoms with E-state index in [2.05, 4.69) is 9.97 Å². The van der Waals surface area contributed by atoms with Gasteiger partial charge in [-0.3, -0.25) is 9.78 Å². The smallest absolute Gasteiger partial charge is 0.366 e. The molecule has 0 radical (unpaired) electrons. The van der Waals surface area contributed by atoms with Gasteiger partial charge in [0.15, 0.2) is 0 Å². The number of nitrogens with two attached hydrogens (primary N) is 1. The molecule has 0 saturated heterocycles. The van der Waals surface area contributed by atoms with E-state index in [-0.39, 0.29) is 6.42 Å². The highest BCUT2D eigenvalue weighted by molar-refractivity contribution is 7.10. The van der Waals surface area contributed by atoms with Crippen LogP contribution in [0.5, 0.6) is 0 Å². The van der Waals surface area contributed by atoms with Crippen molar-refractivity contribution in [2.75, 3.05) is 0 Å². The minimum Gasteiger partial charge on any atom is -0.366 e. The van der Waals surface area contributed by atoms with Gasteiger partial charge in [-0.2, -0.15) is 13.2 Å². The lowest BCUT2D eigenvalue weighted by Crippen LogP contribution is -2.10. The highest BCUT2D eigenvalue weighted by atomic mass is 32.1. The Labute approximate surface area is 145 Å². The fraction of sp³-hybridized carbons (Fsp3) is 0.118. The van der Waals surface area contributed by atoms with Crippen molar-refractivity contribution >= 4 is 17.2 Å². The molecule has 1 aromatic carbocycles. The Morgan fingerprint density at radius 3 is 2.72 bits per heavy atom. The summed E-state index contributed by atoms with van der Waals surface area (Å²) < 4.78 is 38.2. The zero-order valence-electron chi connectivity index (χ0n) is 12.7. The Hall–Kier alpha value is -2.74. The average Bonchev–Trinajstić information content (AvgIpc) is 3.03. The Bertz CT molecular complexity index is 921. The monoisotopic (exact) mass is 363 g/mol. The number of rotatable bonds is 4. The van der Waals surface area contributed by atoms with E-state index in [1.807, 2.05) is 0 Å². The maximum atomic E-state index is 12.7. The molecule has 3 aromatic rings. The van der Waals surface area contributed by atoms with Crippen LogP contribution in [0.15, 0.2) is 48.1 Å². The number of alkyl halides is 3. The molecule has 0 unspecified atom stereocenters. The van der Waals surface area contributed by atoms with Crippen molar-refractivity contribution in [1.29, 1.82) is 0 Å². The Morgan fingerprint density at radius 2 is 2.00 bits per heavy atom. The van der Waals surface area contributed by atoms with Crippen molar-refractivity contribution in [3.63, 3.8) is 0 Å². The lowest BCUT2D eigenvalue weighted by Gasteiger charge is -2.07. The molecule has 0 fully saturated rings. The van der Waals surface area contributed by atoms with Gasteiger partial charge in [-0.1, -0.05) is 12.1 Å². The van der Waals surface area contributed by atoms with Gasteiger partial charge in [-0.05, 0) is 23.8 Å². The van der Waals surface area contributed by atoms with E-state index in [1.165, 1.54) is 17.5 Å². The van der Waals surface area contributed by atoms with Crippen LogP contribution in [-0.2, 0) is 12.6 Å². The van der Waals surface area contributed by atoms with Crippen LogP contribution in [-0.4, -0.2) is 15.9 Å². The second-order valence-electron chi connectivity index (χ2n) is 5.33. The molecule has 0 bridgehead atoms. The topological polar surface area (TPSA) is 68.9 Å². The third-order valence-electron chi connectivity index (χ3n) is 3.47. The normalized spacial score (nSPS) is 11.5. The van der Waals surface area contributed by atoms with Gasteiger partial charge in [-0.15, -0.1) is 11.3 Å². The van der Waals surface area contributed by atoms with Crippen molar-refractivity contribution in [3.8, 4) is 11.3 Å². The zero-order chi connectivity index (χ0) is 18.0. The zero-order valence-corrected chi connectivity index (χ0v) is 13.6. The lowest BCUT2D eigenvalue weighted by molar-refractivity contribution is -0.137. The van der Waals surface area contributed by atoms with Gasteiger partial charge in [-0.25, -0.2) is 4.98 Å². The van der Waals surface area contributed by atoms with Gasteiger partial charge in [0.25, 0.3) is 0 Å². The summed E-state index contributed by atoms with van der Waals surface area (Å²) in [6.45, 7) is 0. The van der Waals surface area contributed by atoms with E-state index in [0.29, 0.717) is 21.8 Å². The Kier molecular flexibility index (Phi) is 4.54. The molecular weight excluding hydrogens is 351 g/mol. The number of nitrogens with zero attached hydrogens (tertiary/aromatic N) is 2. The van der Waals surface area contributed by atoms with Crippen LogP contribution >= 0.6 is 11.3 Å². The van der Waals surface area contributed by atoms with Crippen LogP contribution in [0.2, 0.25) is 0 Å². The number of hydrogen-bond acceptors (Lipinski definition) is 4. The molecule has 0 spiro atoms. The SMILES string of the molecule is NC(=O)c1cccc(-c2csc(Cc3cncc(C(F)(F)F)c3)n2)c1. The molecule has 2 heterocycles. The molecule has 1 amide bonds. The second kappa shape index (κ2) is 6.64. The highest BCUT2D eigenvalue weighted by Crippen LogP contribution is 2.30. The number of thiazole rings is 1. The molecule has 2 N–H and O–H groups in total. The summed E-state index contributed by atoms with van der Waals surface area (Å²) in [7, 11) is 0. The van der Waals surface area contributed by atoms with Gasteiger partial charge in [0.1, 0.15) is 0 Å². The Balaban J connectivity index is 1.83. The third-order valence-corrected chi connectivity index (χ3v) is 4.32. The largest absolute Gasteiger partial charge is 0.417 e. The number of benzene rings is 1. The van der Waals surface area contributed by atoms with Crippen LogP contribution in [0.25, 0.3) is 11.3 Å². The molecule has 0 aliphatic heterocycles. The number of carbonyl (C=O) groups excluding carboxylic acids is 1. The standard InChI is InChI=1S/C17H12F3N3OS/c18-17(19,20)13-4-10(7-22-8-13)5-15-23-14(9-25-15)11-2-1-3-12(6-11)16(21)24/h1-4,6-9H,5H2,(H2,21,24). The first-order valence-electron chi connectivity index (χ1n) is 7.19. The number of carbonyl (C=O) groups is 1. The summed E-state index contributed by atoms with van der Waals surface area (Å²) in [5.74, 6) is -0.535. The van der Waals surface area contributed by atoms with E-state index < -0.39 is 17.6 Å². The molecule has 128 valence electrons. The van der Waals surface area contributed by atoms with Gasteiger partial charge < -0.3 is 5.73 Å². The first kappa shape index (κ1) is 17.1. The fourth-order valence-electron chi connectivity index (χ4n) is 2.27. The van der Waals surface area contributed by atoms with Crippen LogP contribution in [0.3, 0.4) is 0 Å². The highest BCUT2D eigenvalue weighted by Gasteiger charge is 2.31. The van der Waals surface area contributed by atoms with E-state index >= 15 is 0 Å². The van der Waals surface area contributed by atoms with Crippen LogP contribution in [0.4, 0.5) is 13.2 Å². The lowest BCUT2D eigenvalue weighted by atomic mass is 10.1. The van der Waals surface area contributed by atoms with Crippen molar-refractivity contribution < 1.29 is 18.0 Å². The first-order chi connectivity index (χ1) is 11.8. The molecule has 0 aliphatic carbocycles. The number of amides is 1. The fourth-order valence-corrected chi connectivity index (χ4v) is 3.11. The molecule has 0 saturated carbocycles. The molecule has 25 heavy (non-hydrogen) atoms. The molecular formula is C17H12F3N3OS. The predicted octanol–water partition coefficient (Wildman–Crippen LogP) is 3.91. The third kappa shape index (κ3) is 4.03. The number of hydrogen-bond donors (Lipinski definition) is 1. The van der Waals surface area contributed by atoms with Gasteiger partial charge in [0, 0.05) is 35.3 Å². The van der Waals surface area contributed by atoms with E-state index in [4.69, 9.17) is 5.73 Å². The van der Waals surface area contributed by atoms with E-state index in [9.17, 15) is 18.0 Å². The second-order valence-corrected chi connectivity index (χ2v) is 6.27. The summed E-state index contributed by atoms with van der Waals surface area (Å²) in [5.41, 5.74) is 6.65. The van der Waals surface area contributed by atoms with Crippen molar-refractivity contribution in [1.82, 2.24) is 9.97 Å². The maximum absolute atomic E-state index is 12.7. The number of halogens is 3. The molecule has 2 aromatic heterocycles. The molecule has 8 heteroatoms. The number of aromatic nitrogens is 2. The Morgan fingerprint density at radius 1 is 1.20 bits per heavy atom. The summed E-state index contributed by atoms with van der Waals surface area (Å²) in [5, 5.41) is 2.44. The predicted molar refractivity (Wildman–Crippen MR) is 88.1 cm³/mol.